The molecule has 0 amide bonds. The van der Waals surface area contributed by atoms with Gasteiger partial charge in [0.1, 0.15) is 0 Å². The predicted octanol–water partition coefficient (Wildman–Crippen LogP) is 12.9. The van der Waals surface area contributed by atoms with Crippen LogP contribution in [0.3, 0.4) is 0 Å². The number of furan rings is 1. The minimum atomic E-state index is -2.18. The first-order chi connectivity index (χ1) is 28.7. The van der Waals surface area contributed by atoms with Crippen LogP contribution < -0.4 is 0 Å². The van der Waals surface area contributed by atoms with Gasteiger partial charge >= 0.3 is 0 Å². The van der Waals surface area contributed by atoms with Gasteiger partial charge in [0.15, 0.2) is 0 Å². The molecule has 0 N–H and O–H groups in total. The zero-order valence-electron chi connectivity index (χ0n) is 36.6. The van der Waals surface area contributed by atoms with Gasteiger partial charge < -0.3 is 14.0 Å². The maximum absolute atomic E-state index is 8.48. The van der Waals surface area contributed by atoms with E-state index in [4.69, 9.17) is 19.0 Å². The van der Waals surface area contributed by atoms with Gasteiger partial charge in [0.05, 0.1) is 22.5 Å². The molecule has 0 saturated heterocycles. The molecular weight excluding hydrogens is 839 g/mol. The molecule has 1 radical (unpaired) electrons. The third-order valence-corrected chi connectivity index (χ3v) is 9.16. The summed E-state index contributed by atoms with van der Waals surface area (Å²) in [4.78, 5) is 9.23. The van der Waals surface area contributed by atoms with Gasteiger partial charge in [-0.05, 0) is 47.3 Å². The van der Waals surface area contributed by atoms with Crippen LogP contribution in [0.5, 0.6) is 0 Å². The largest absolute Gasteiger partial charge is 0.557 e. The number of imidazole rings is 1. The molecule has 0 saturated carbocycles. The molecule has 54 heavy (non-hydrogen) atoms. The van der Waals surface area contributed by atoms with Crippen molar-refractivity contribution in [3.05, 3.63) is 187 Å². The van der Waals surface area contributed by atoms with E-state index in [9.17, 15) is 0 Å². The molecule has 0 atom stereocenters. The van der Waals surface area contributed by atoms with E-state index < -0.39 is 19.6 Å². The molecule has 6 aromatic carbocycles. The number of nitrogens with zero attached hydrogens (tertiary/aromatic N) is 3. The fourth-order valence-electron chi connectivity index (χ4n) is 6.49. The first-order valence-electron chi connectivity index (χ1n) is 20.8. The standard InChI is InChI=1S/C36H27N2O.C13H12N.Ir/c1-24(2)27-20-21-30-31(23-39-34(30)22-27)36-37-32-18-9-10-19-33(32)38(36)35-28(25-12-5-3-6-13-25)16-11-17-29(35)26-14-7-4-8-15-26;1-10-3-6-12(7-4-10)13-8-5-11(2)9-14-13;/h3-22,24H,1-2H3;3-6,8-9H,1-2H3;/q2*-1;/i24D;1D3,2D3;. The Labute approximate surface area is 340 Å². The first kappa shape index (κ1) is 28.6. The molecule has 4 nitrogen and oxygen atoms in total. The van der Waals surface area contributed by atoms with E-state index in [0.29, 0.717) is 16.8 Å². The molecule has 0 aliphatic rings. The van der Waals surface area contributed by atoms with Gasteiger partial charge in [-0.2, -0.15) is 0 Å². The Hall–Kier alpha value is -5.87. The van der Waals surface area contributed by atoms with Gasteiger partial charge in [-0.1, -0.05) is 152 Å². The normalized spacial score (nSPS) is 13.6. The van der Waals surface area contributed by atoms with E-state index in [-0.39, 0.29) is 31.2 Å². The number of hydrogen-bond donors (Lipinski definition) is 0. The number of aryl methyl sites for hydroxylation is 2. The summed E-state index contributed by atoms with van der Waals surface area (Å²) < 4.78 is 60.4. The second-order valence-electron chi connectivity index (χ2n) is 12.9. The van der Waals surface area contributed by atoms with E-state index in [0.717, 1.165) is 61.3 Å². The van der Waals surface area contributed by atoms with Crippen LogP contribution in [0.4, 0.5) is 0 Å². The maximum Gasteiger partial charge on any atom is 0.0774 e. The second kappa shape index (κ2) is 16.0. The first-order valence-corrected chi connectivity index (χ1v) is 17.3. The average Bonchev–Trinajstić information content (AvgIpc) is 3.85. The Morgan fingerprint density at radius 1 is 0.722 bits per heavy atom. The van der Waals surface area contributed by atoms with Gasteiger partial charge in [0.2, 0.25) is 0 Å². The molecule has 0 bridgehead atoms. The Morgan fingerprint density at radius 3 is 2.04 bits per heavy atom. The topological polar surface area (TPSA) is 43.9 Å². The van der Waals surface area contributed by atoms with Crippen molar-refractivity contribution >= 4 is 22.0 Å². The fraction of sp³-hybridized carbons (Fsp3) is 0.102. The van der Waals surface area contributed by atoms with Crippen molar-refractivity contribution in [2.45, 2.75) is 33.4 Å². The van der Waals surface area contributed by atoms with Gasteiger partial charge in [0, 0.05) is 58.9 Å². The molecule has 0 aliphatic carbocycles. The van der Waals surface area contributed by atoms with Crippen LogP contribution in [0.25, 0.3) is 72.6 Å². The number of para-hydroxylation sites is 3. The molecule has 9 rings (SSSR count). The average molecular weight is 885 g/mol. The van der Waals surface area contributed by atoms with Crippen LogP contribution >= 0.6 is 0 Å². The fourth-order valence-corrected chi connectivity index (χ4v) is 6.49. The molecule has 5 heteroatoms. The van der Waals surface area contributed by atoms with Crippen molar-refractivity contribution in [1.29, 1.82) is 0 Å². The van der Waals surface area contributed by atoms with Crippen molar-refractivity contribution < 1.29 is 34.1 Å². The molecule has 9 aromatic rings. The minimum absolute atomic E-state index is 0. The molecule has 3 heterocycles. The van der Waals surface area contributed by atoms with Crippen LogP contribution in [0.2, 0.25) is 0 Å². The summed E-state index contributed by atoms with van der Waals surface area (Å²) in [5.74, 6) is 0.0337. The number of hydrogen-bond acceptors (Lipinski definition) is 3. The smallest absolute Gasteiger partial charge is 0.0774 e. The van der Waals surface area contributed by atoms with Crippen molar-refractivity contribution in [2.24, 2.45) is 0 Å². The number of aromatic nitrogens is 3. The second-order valence-corrected chi connectivity index (χ2v) is 12.9. The van der Waals surface area contributed by atoms with Crippen molar-refractivity contribution in [3.8, 4) is 50.6 Å². The predicted molar refractivity (Wildman–Crippen MR) is 218 cm³/mol. The Morgan fingerprint density at radius 2 is 1.41 bits per heavy atom. The van der Waals surface area contributed by atoms with E-state index in [1.165, 1.54) is 24.4 Å². The zero-order chi connectivity index (χ0) is 42.2. The van der Waals surface area contributed by atoms with Gasteiger partial charge in [-0.3, -0.25) is 4.98 Å². The molecule has 3 aromatic heterocycles. The van der Waals surface area contributed by atoms with Gasteiger partial charge in [-0.15, -0.1) is 41.5 Å². The third kappa shape index (κ3) is 7.34. The van der Waals surface area contributed by atoms with E-state index >= 15 is 0 Å². The summed E-state index contributed by atoms with van der Waals surface area (Å²) in [7, 11) is 0. The third-order valence-electron chi connectivity index (χ3n) is 9.16. The van der Waals surface area contributed by atoms with E-state index in [1.54, 1.807) is 12.1 Å². The maximum atomic E-state index is 8.48. The molecule has 0 aliphatic heterocycles. The van der Waals surface area contributed by atoms with Crippen LogP contribution in [-0.2, 0) is 20.1 Å². The molecule has 0 spiro atoms. The number of benzene rings is 6. The Kier molecular flexibility index (Phi) is 8.49. The summed E-state index contributed by atoms with van der Waals surface area (Å²) in [5, 5.41) is 0.919. The summed E-state index contributed by atoms with van der Waals surface area (Å²) in [6, 6.07) is 52.1. The molecule has 0 unspecified atom stereocenters. The summed E-state index contributed by atoms with van der Waals surface area (Å²) >= 11 is 0. The molecule has 0 fully saturated rings. The number of pyridine rings is 1. The number of rotatable bonds is 6. The van der Waals surface area contributed by atoms with Crippen molar-refractivity contribution in [1.82, 2.24) is 14.5 Å². The summed E-state index contributed by atoms with van der Waals surface area (Å²) in [5.41, 5.74) is 11.4. The minimum Gasteiger partial charge on any atom is -0.557 e. The summed E-state index contributed by atoms with van der Waals surface area (Å²) in [6.07, 6.45) is 4.48. The number of fused-ring (bicyclic) bond motifs is 2. The van der Waals surface area contributed by atoms with Crippen LogP contribution in [0, 0.1) is 26.0 Å². The van der Waals surface area contributed by atoms with Crippen LogP contribution in [0.1, 0.15) is 46.0 Å². The van der Waals surface area contributed by atoms with Crippen molar-refractivity contribution in [2.75, 3.05) is 0 Å². The zero-order valence-corrected chi connectivity index (χ0v) is 32.0. The Balaban J connectivity index is 0.000000226. The van der Waals surface area contributed by atoms with Crippen molar-refractivity contribution in [3.63, 3.8) is 0 Å². The van der Waals surface area contributed by atoms with Gasteiger partial charge in [-0.25, -0.2) is 0 Å². The van der Waals surface area contributed by atoms with E-state index in [2.05, 4.69) is 101 Å². The SMILES string of the molecule is [2H]C(C)(C)c1ccc2c(-c3nc4ccccc4n3-c3c(-c4ccccc4)cccc3-c3ccccc3)[c-]oc2c1.[2H]C([2H])([2H])c1c[c-]c(-c2ccc(C([2H])([2H])[2H])cn2)cc1.[Ir]. The van der Waals surface area contributed by atoms with Crippen LogP contribution in [-0.4, -0.2) is 14.5 Å². The molecule has 267 valence electrons. The quantitative estimate of drug-likeness (QED) is 0.156. The van der Waals surface area contributed by atoms with E-state index in [1.807, 2.05) is 56.3 Å². The van der Waals surface area contributed by atoms with Crippen LogP contribution in [0.15, 0.2) is 162 Å². The Bertz CT molecular complexity index is 2800. The molecular formula is C49H39IrN3O-2. The monoisotopic (exact) mass is 885 g/mol. The summed E-state index contributed by atoms with van der Waals surface area (Å²) in [6.45, 7) is -0.576. The van der Waals surface area contributed by atoms with Gasteiger partial charge in [0.25, 0.3) is 0 Å².